The van der Waals surface area contributed by atoms with Crippen molar-refractivity contribution in [2.75, 3.05) is 52.2 Å². The van der Waals surface area contributed by atoms with Crippen LogP contribution in [0, 0.1) is 0 Å². The van der Waals surface area contributed by atoms with Crippen molar-refractivity contribution in [1.82, 2.24) is 20.1 Å². The van der Waals surface area contributed by atoms with Crippen LogP contribution in [0.4, 0.5) is 5.82 Å². The Morgan fingerprint density at radius 3 is 2.72 bits per heavy atom. The number of para-hydroxylation sites is 1. The molecule has 1 saturated heterocycles. The molecule has 0 aliphatic carbocycles. The van der Waals surface area contributed by atoms with E-state index in [4.69, 9.17) is 4.98 Å². The molecule has 1 aromatic carbocycles. The third-order valence-corrected chi connectivity index (χ3v) is 5.72. The Morgan fingerprint density at radius 1 is 1.24 bits per heavy atom. The lowest BCUT2D eigenvalue weighted by atomic mass is 10.1. The van der Waals surface area contributed by atoms with Crippen LogP contribution in [0.15, 0.2) is 47.5 Å². The third kappa shape index (κ3) is 4.83. The number of anilines is 1. The summed E-state index contributed by atoms with van der Waals surface area (Å²) >= 11 is 0. The van der Waals surface area contributed by atoms with Crippen molar-refractivity contribution >= 4 is 46.7 Å². The van der Waals surface area contributed by atoms with Crippen LogP contribution in [-0.4, -0.2) is 74.1 Å². The van der Waals surface area contributed by atoms with Gasteiger partial charge in [0.2, 0.25) is 0 Å². The highest BCUT2D eigenvalue weighted by Crippen LogP contribution is 2.22. The maximum atomic E-state index is 4.76. The first-order valence-electron chi connectivity index (χ1n) is 10.1. The van der Waals surface area contributed by atoms with Gasteiger partial charge < -0.3 is 15.1 Å². The molecule has 2 aliphatic heterocycles. The van der Waals surface area contributed by atoms with E-state index in [-0.39, 0.29) is 24.0 Å². The molecule has 0 bridgehead atoms. The Hall–Kier alpha value is -1.87. The predicted molar refractivity (Wildman–Crippen MR) is 132 cm³/mol. The Balaban J connectivity index is 0.00000240. The molecule has 3 heterocycles. The number of pyridine rings is 1. The smallest absolute Gasteiger partial charge is 0.193 e. The highest BCUT2D eigenvalue weighted by atomic mass is 127. The summed E-state index contributed by atoms with van der Waals surface area (Å²) in [6.45, 7) is 5.01. The van der Waals surface area contributed by atoms with Gasteiger partial charge in [0, 0.05) is 65.3 Å². The van der Waals surface area contributed by atoms with Crippen LogP contribution in [0.3, 0.4) is 0 Å². The zero-order valence-corrected chi connectivity index (χ0v) is 19.8. The fourth-order valence-electron chi connectivity index (χ4n) is 4.14. The van der Waals surface area contributed by atoms with Crippen molar-refractivity contribution in [2.45, 2.75) is 19.0 Å². The average Bonchev–Trinajstić information content (AvgIpc) is 3.40. The Bertz CT molecular complexity index is 886. The number of guanidine groups is 1. The van der Waals surface area contributed by atoms with Crippen molar-refractivity contribution in [3.05, 3.63) is 48.0 Å². The van der Waals surface area contributed by atoms with E-state index in [1.54, 1.807) is 0 Å². The van der Waals surface area contributed by atoms with Crippen molar-refractivity contribution in [3.63, 3.8) is 0 Å². The van der Waals surface area contributed by atoms with Crippen molar-refractivity contribution in [2.24, 2.45) is 4.99 Å². The number of nitrogens with zero attached hydrogens (tertiary/aromatic N) is 5. The maximum absolute atomic E-state index is 4.76. The quantitative estimate of drug-likeness (QED) is 0.299. The second-order valence-electron chi connectivity index (χ2n) is 7.77. The minimum Gasteiger partial charge on any atom is -0.363 e. The third-order valence-electron chi connectivity index (χ3n) is 5.72. The zero-order chi connectivity index (χ0) is 19.5. The van der Waals surface area contributed by atoms with Crippen LogP contribution in [-0.2, 0) is 6.54 Å². The minimum atomic E-state index is 0. The molecule has 2 aliphatic rings. The van der Waals surface area contributed by atoms with E-state index in [1.165, 1.54) is 17.4 Å². The van der Waals surface area contributed by atoms with E-state index in [0.29, 0.717) is 6.04 Å². The summed E-state index contributed by atoms with van der Waals surface area (Å²) in [6, 6.07) is 11.1. The molecule has 0 amide bonds. The highest BCUT2D eigenvalue weighted by Gasteiger charge is 2.29. The van der Waals surface area contributed by atoms with E-state index >= 15 is 0 Å². The number of benzene rings is 1. The van der Waals surface area contributed by atoms with Gasteiger partial charge in [-0.1, -0.05) is 30.4 Å². The van der Waals surface area contributed by atoms with Crippen molar-refractivity contribution in [3.8, 4) is 0 Å². The zero-order valence-electron chi connectivity index (χ0n) is 17.5. The summed E-state index contributed by atoms with van der Waals surface area (Å²) in [5.74, 6) is 1.97. The van der Waals surface area contributed by atoms with Gasteiger partial charge >= 0.3 is 0 Å². The second-order valence-corrected chi connectivity index (χ2v) is 7.77. The summed E-state index contributed by atoms with van der Waals surface area (Å²) < 4.78 is 0. The molecular weight excluding hydrogens is 475 g/mol. The number of rotatable bonds is 4. The molecule has 0 radical (unpaired) electrons. The number of fused-ring (bicyclic) bond motifs is 1. The lowest BCUT2D eigenvalue weighted by molar-refractivity contribution is 0.259. The first kappa shape index (κ1) is 21.8. The molecule has 156 valence electrons. The molecule has 0 spiro atoms. The van der Waals surface area contributed by atoms with Crippen LogP contribution in [0.1, 0.15) is 12.0 Å². The molecule has 7 heteroatoms. The van der Waals surface area contributed by atoms with Crippen molar-refractivity contribution in [1.29, 1.82) is 0 Å². The Morgan fingerprint density at radius 2 is 2.00 bits per heavy atom. The molecule has 1 fully saturated rings. The number of aliphatic imine (C=N–C) groups is 1. The molecule has 1 unspecified atom stereocenters. The highest BCUT2D eigenvalue weighted by molar-refractivity contribution is 14.0. The van der Waals surface area contributed by atoms with E-state index in [2.05, 4.69) is 61.4 Å². The average molecular weight is 506 g/mol. The van der Waals surface area contributed by atoms with Gasteiger partial charge in [-0.25, -0.2) is 4.98 Å². The van der Waals surface area contributed by atoms with Gasteiger partial charge in [0.15, 0.2) is 5.96 Å². The molecule has 6 nitrogen and oxygen atoms in total. The van der Waals surface area contributed by atoms with Gasteiger partial charge in [0.25, 0.3) is 0 Å². The molecule has 4 rings (SSSR count). The van der Waals surface area contributed by atoms with Crippen LogP contribution < -0.4 is 10.2 Å². The topological polar surface area (TPSA) is 47.0 Å². The van der Waals surface area contributed by atoms with Crippen LogP contribution in [0.5, 0.6) is 0 Å². The van der Waals surface area contributed by atoms with Gasteiger partial charge in [-0.2, -0.15) is 0 Å². The van der Waals surface area contributed by atoms with Gasteiger partial charge in [-0.15, -0.1) is 24.0 Å². The fourth-order valence-corrected chi connectivity index (χ4v) is 4.14. The summed E-state index contributed by atoms with van der Waals surface area (Å²) in [4.78, 5) is 16.3. The Kier molecular flexibility index (Phi) is 7.34. The molecule has 1 atom stereocenters. The normalized spacial score (nSPS) is 19.6. The Labute approximate surface area is 190 Å². The monoisotopic (exact) mass is 506 g/mol. The van der Waals surface area contributed by atoms with Crippen LogP contribution >= 0.6 is 24.0 Å². The number of nitrogens with one attached hydrogen (secondary N) is 1. The number of aromatic nitrogens is 1. The molecule has 2 aromatic rings. The lowest BCUT2D eigenvalue weighted by Gasteiger charge is -2.25. The first-order chi connectivity index (χ1) is 13.7. The van der Waals surface area contributed by atoms with Gasteiger partial charge in [0.1, 0.15) is 5.82 Å². The van der Waals surface area contributed by atoms with E-state index in [1.807, 2.05) is 27.2 Å². The van der Waals surface area contributed by atoms with E-state index < -0.39 is 0 Å². The SMILES string of the molecule is CN=C(NCc1cc(N(C)C)nc2ccccc12)N1CCC(N2CC=CC2)C1.I. The number of likely N-dealkylation sites (tertiary alicyclic amines) is 1. The van der Waals surface area contributed by atoms with E-state index in [9.17, 15) is 0 Å². The number of hydrogen-bond acceptors (Lipinski definition) is 4. The number of hydrogen-bond donors (Lipinski definition) is 1. The summed E-state index contributed by atoms with van der Waals surface area (Å²) in [6.07, 6.45) is 5.74. The summed E-state index contributed by atoms with van der Waals surface area (Å²) in [5.41, 5.74) is 2.28. The molecule has 1 aromatic heterocycles. The molecule has 0 saturated carbocycles. The fraction of sp³-hybridized carbons (Fsp3) is 0.455. The van der Waals surface area contributed by atoms with Crippen molar-refractivity contribution < 1.29 is 0 Å². The minimum absolute atomic E-state index is 0. The molecule has 29 heavy (non-hydrogen) atoms. The molecular formula is C22H31IN6. The van der Waals surface area contributed by atoms with Gasteiger partial charge in [0.05, 0.1) is 5.52 Å². The van der Waals surface area contributed by atoms with Gasteiger partial charge in [-0.05, 0) is 24.1 Å². The largest absolute Gasteiger partial charge is 0.363 e. The van der Waals surface area contributed by atoms with Crippen LogP contribution in [0.2, 0.25) is 0 Å². The lowest BCUT2D eigenvalue weighted by Crippen LogP contribution is -2.42. The second kappa shape index (κ2) is 9.75. The van der Waals surface area contributed by atoms with Gasteiger partial charge in [-0.3, -0.25) is 9.89 Å². The summed E-state index contributed by atoms with van der Waals surface area (Å²) in [5, 5.41) is 4.79. The number of halogens is 1. The first-order valence-corrected chi connectivity index (χ1v) is 10.1. The van der Waals surface area contributed by atoms with E-state index in [0.717, 1.165) is 50.0 Å². The summed E-state index contributed by atoms with van der Waals surface area (Å²) in [7, 11) is 5.94. The van der Waals surface area contributed by atoms with Crippen LogP contribution in [0.25, 0.3) is 10.9 Å². The predicted octanol–water partition coefficient (Wildman–Crippen LogP) is 2.94. The molecule has 1 N–H and O–H groups in total. The standard InChI is InChI=1S/C22H30N6.HI/c1-23-22(28-13-10-18(16-28)27-11-6-7-12-27)24-15-17-14-21(26(2)3)25-20-9-5-4-8-19(17)20;/h4-9,14,18H,10-13,15-16H2,1-3H3,(H,23,24);1H. The maximum Gasteiger partial charge on any atom is 0.193 e.